The number of rotatable bonds is 10. The van der Waals surface area contributed by atoms with E-state index >= 15 is 0 Å². The van der Waals surface area contributed by atoms with E-state index in [1.165, 1.54) is 14.2 Å². The quantitative estimate of drug-likeness (QED) is 0.428. The molecule has 7 nitrogen and oxygen atoms in total. The number of ether oxygens (including phenoxy) is 1. The van der Waals surface area contributed by atoms with Crippen molar-refractivity contribution in [2.24, 2.45) is 0 Å². The van der Waals surface area contributed by atoms with Crippen molar-refractivity contribution < 1.29 is 17.9 Å². The van der Waals surface area contributed by atoms with Gasteiger partial charge in [0.25, 0.3) is 10.2 Å². The summed E-state index contributed by atoms with van der Waals surface area (Å²) < 4.78 is 31.4. The van der Waals surface area contributed by atoms with Crippen LogP contribution in [0.2, 0.25) is 0 Å². The second-order valence-electron chi connectivity index (χ2n) is 3.80. The lowest BCUT2D eigenvalue weighted by Gasteiger charge is -2.17. The van der Waals surface area contributed by atoms with Crippen molar-refractivity contribution in [2.75, 3.05) is 40.3 Å². The minimum Gasteiger partial charge on any atom is -0.469 e. The van der Waals surface area contributed by atoms with Gasteiger partial charge in [-0.05, 0) is 13.0 Å². The molecule has 0 aliphatic rings. The Morgan fingerprint density at radius 3 is 2.42 bits per heavy atom. The van der Waals surface area contributed by atoms with Gasteiger partial charge in [-0.15, -0.1) is 12.4 Å². The number of hydrogen-bond acceptors (Lipinski definition) is 5. The predicted octanol–water partition coefficient (Wildman–Crippen LogP) is -0.263. The summed E-state index contributed by atoms with van der Waals surface area (Å²) in [6.45, 7) is 3.91. The van der Waals surface area contributed by atoms with Gasteiger partial charge in [-0.25, -0.2) is 4.72 Å². The number of methoxy groups -OCH3 is 1. The normalized spacial score (nSPS) is 11.2. The average Bonchev–Trinajstić information content (AvgIpc) is 2.34. The van der Waals surface area contributed by atoms with E-state index in [4.69, 9.17) is 0 Å². The summed E-state index contributed by atoms with van der Waals surface area (Å²) in [6, 6.07) is 0. The van der Waals surface area contributed by atoms with Crippen LogP contribution < -0.4 is 10.0 Å². The Morgan fingerprint density at radius 1 is 1.26 bits per heavy atom. The molecule has 0 rings (SSSR count). The number of nitrogens with one attached hydrogen (secondary N) is 2. The summed E-state index contributed by atoms with van der Waals surface area (Å²) in [6.07, 6.45) is 1.05. The minimum absolute atomic E-state index is 0. The van der Waals surface area contributed by atoms with Gasteiger partial charge in [0.05, 0.1) is 13.5 Å². The molecule has 0 amide bonds. The number of nitrogens with zero attached hydrogens (tertiary/aromatic N) is 1. The minimum atomic E-state index is -3.52. The largest absolute Gasteiger partial charge is 0.469 e. The van der Waals surface area contributed by atoms with Crippen LogP contribution in [0.4, 0.5) is 0 Å². The molecule has 0 atom stereocenters. The van der Waals surface area contributed by atoms with Crippen molar-refractivity contribution >= 4 is 28.6 Å². The Bertz CT molecular complexity index is 338. The van der Waals surface area contributed by atoms with E-state index in [-0.39, 0.29) is 25.4 Å². The summed E-state index contributed by atoms with van der Waals surface area (Å²) in [5.41, 5.74) is 0. The van der Waals surface area contributed by atoms with Crippen LogP contribution in [0.15, 0.2) is 0 Å². The summed E-state index contributed by atoms with van der Waals surface area (Å²) in [5.74, 6) is -0.429. The summed E-state index contributed by atoms with van der Waals surface area (Å²) in [4.78, 5) is 10.9. The maximum Gasteiger partial charge on any atom is 0.306 e. The van der Waals surface area contributed by atoms with Crippen LogP contribution in [0.25, 0.3) is 0 Å². The van der Waals surface area contributed by atoms with Crippen molar-refractivity contribution in [1.29, 1.82) is 0 Å². The summed E-state index contributed by atoms with van der Waals surface area (Å²) >= 11 is 0. The number of halogens is 1. The fourth-order valence-electron chi connectivity index (χ4n) is 1.15. The zero-order valence-corrected chi connectivity index (χ0v) is 13.3. The zero-order chi connectivity index (χ0) is 14.0. The van der Waals surface area contributed by atoms with Gasteiger partial charge in [0.2, 0.25) is 0 Å². The molecule has 19 heavy (non-hydrogen) atoms. The lowest BCUT2D eigenvalue weighted by Crippen LogP contribution is -2.41. The molecule has 0 unspecified atom stereocenters. The first-order chi connectivity index (χ1) is 8.44. The van der Waals surface area contributed by atoms with Crippen molar-refractivity contribution in [1.82, 2.24) is 14.3 Å². The van der Waals surface area contributed by atoms with Crippen LogP contribution in [-0.2, 0) is 19.7 Å². The zero-order valence-electron chi connectivity index (χ0n) is 11.6. The first-order valence-corrected chi connectivity index (χ1v) is 7.36. The van der Waals surface area contributed by atoms with E-state index in [1.807, 2.05) is 6.92 Å². The van der Waals surface area contributed by atoms with E-state index in [1.54, 1.807) is 0 Å². The molecule has 0 spiro atoms. The molecule has 0 aliphatic carbocycles. The molecule has 0 fully saturated rings. The Morgan fingerprint density at radius 2 is 1.89 bits per heavy atom. The lowest BCUT2D eigenvalue weighted by atomic mass is 10.4. The highest BCUT2D eigenvalue weighted by molar-refractivity contribution is 7.87. The smallest absolute Gasteiger partial charge is 0.306 e. The Labute approximate surface area is 121 Å². The molecule has 2 N–H and O–H groups in total. The van der Waals surface area contributed by atoms with Gasteiger partial charge >= 0.3 is 5.97 Å². The fourth-order valence-corrected chi connectivity index (χ4v) is 2.06. The molecule has 0 radical (unpaired) electrons. The SMILES string of the molecule is CCCNCCNS(=O)(=O)N(C)CCC(=O)OC.Cl. The molecule has 0 saturated carbocycles. The topological polar surface area (TPSA) is 87.7 Å². The van der Waals surface area contributed by atoms with Gasteiger partial charge in [-0.3, -0.25) is 4.79 Å². The molecular weight excluding hydrogens is 294 g/mol. The van der Waals surface area contributed by atoms with Gasteiger partial charge in [0, 0.05) is 26.7 Å². The molecule has 0 aliphatic heterocycles. The van der Waals surface area contributed by atoms with Gasteiger partial charge in [0.15, 0.2) is 0 Å². The van der Waals surface area contributed by atoms with Crippen LogP contribution in [-0.4, -0.2) is 59.0 Å². The van der Waals surface area contributed by atoms with Crippen molar-refractivity contribution in [3.05, 3.63) is 0 Å². The third kappa shape index (κ3) is 10.1. The van der Waals surface area contributed by atoms with E-state index in [0.717, 1.165) is 17.3 Å². The molecular formula is C10H24ClN3O4S. The van der Waals surface area contributed by atoms with Gasteiger partial charge < -0.3 is 10.1 Å². The van der Waals surface area contributed by atoms with Crippen LogP contribution in [0.3, 0.4) is 0 Å². The fraction of sp³-hybridized carbons (Fsp3) is 0.900. The van der Waals surface area contributed by atoms with Crippen LogP contribution in [0.1, 0.15) is 19.8 Å². The average molecular weight is 318 g/mol. The molecule has 0 saturated heterocycles. The van der Waals surface area contributed by atoms with Crippen molar-refractivity contribution in [3.63, 3.8) is 0 Å². The third-order valence-corrected chi connectivity index (χ3v) is 3.85. The lowest BCUT2D eigenvalue weighted by molar-refractivity contribution is -0.140. The molecule has 116 valence electrons. The molecule has 9 heteroatoms. The van der Waals surface area contributed by atoms with Gasteiger partial charge in [-0.1, -0.05) is 6.92 Å². The van der Waals surface area contributed by atoms with Crippen molar-refractivity contribution in [3.8, 4) is 0 Å². The van der Waals surface area contributed by atoms with Crippen LogP contribution in [0.5, 0.6) is 0 Å². The Kier molecular flexibility index (Phi) is 12.6. The molecule has 0 heterocycles. The molecule has 0 aromatic heterocycles. The molecule has 0 aromatic rings. The first kappa shape index (κ1) is 20.9. The summed E-state index contributed by atoms with van der Waals surface area (Å²) in [7, 11) is -0.822. The highest BCUT2D eigenvalue weighted by Gasteiger charge is 2.17. The standard InChI is InChI=1S/C10H23N3O4S.ClH/c1-4-6-11-7-8-12-18(15,16)13(2)9-5-10(14)17-3;/h11-12H,4-9H2,1-3H3;1H. The Balaban J connectivity index is 0. The molecule has 0 aromatic carbocycles. The second-order valence-corrected chi connectivity index (χ2v) is 5.66. The number of esters is 1. The third-order valence-electron chi connectivity index (χ3n) is 2.28. The Hall–Kier alpha value is -0.410. The number of hydrogen-bond donors (Lipinski definition) is 2. The van der Waals surface area contributed by atoms with Gasteiger partial charge in [-0.2, -0.15) is 12.7 Å². The monoisotopic (exact) mass is 317 g/mol. The maximum absolute atomic E-state index is 11.7. The van der Waals surface area contributed by atoms with Crippen molar-refractivity contribution in [2.45, 2.75) is 19.8 Å². The summed E-state index contributed by atoms with van der Waals surface area (Å²) in [5, 5.41) is 3.09. The molecule has 0 bridgehead atoms. The number of carbonyl (C=O) groups is 1. The first-order valence-electron chi connectivity index (χ1n) is 5.92. The van der Waals surface area contributed by atoms with E-state index < -0.39 is 16.2 Å². The maximum atomic E-state index is 11.7. The second kappa shape index (κ2) is 11.4. The van der Waals surface area contributed by atoms with E-state index in [2.05, 4.69) is 14.8 Å². The highest BCUT2D eigenvalue weighted by Crippen LogP contribution is 1.96. The van der Waals surface area contributed by atoms with E-state index in [9.17, 15) is 13.2 Å². The van der Waals surface area contributed by atoms with Crippen LogP contribution in [0, 0.1) is 0 Å². The van der Waals surface area contributed by atoms with Gasteiger partial charge in [0.1, 0.15) is 0 Å². The highest BCUT2D eigenvalue weighted by atomic mass is 35.5. The number of carbonyl (C=O) groups excluding carboxylic acids is 1. The van der Waals surface area contributed by atoms with E-state index in [0.29, 0.717) is 13.1 Å². The van der Waals surface area contributed by atoms with Crippen LogP contribution >= 0.6 is 12.4 Å². The predicted molar refractivity (Wildman–Crippen MR) is 76.6 cm³/mol.